The molecule has 4 rings (SSSR count). The Balaban J connectivity index is 2.09. The van der Waals surface area contributed by atoms with Crippen LogP contribution in [0.15, 0.2) is 23.8 Å². The molecule has 2 heteroatoms. The Hall–Kier alpha value is -1.80. The quantitative estimate of drug-likeness (QED) is 0.434. The fourth-order valence-electron chi connectivity index (χ4n) is 6.08. The molecule has 0 N–H and O–H groups in total. The average molecular weight is 447 g/mol. The summed E-state index contributed by atoms with van der Waals surface area (Å²) in [6, 6.07) is 7.49. The molecule has 0 heterocycles. The average Bonchev–Trinajstić information content (AvgIpc) is 3.26. The van der Waals surface area contributed by atoms with Crippen molar-refractivity contribution in [3.63, 3.8) is 0 Å². The van der Waals surface area contributed by atoms with Crippen LogP contribution in [0.1, 0.15) is 93.8 Å². The van der Waals surface area contributed by atoms with E-state index >= 15 is 0 Å². The lowest BCUT2D eigenvalue weighted by Crippen LogP contribution is -2.19. The van der Waals surface area contributed by atoms with Gasteiger partial charge in [0.1, 0.15) is 5.75 Å². The van der Waals surface area contributed by atoms with E-state index < -0.39 is 8.80 Å². The van der Waals surface area contributed by atoms with Crippen LogP contribution in [0, 0.1) is 0 Å². The molecule has 32 heavy (non-hydrogen) atoms. The van der Waals surface area contributed by atoms with Gasteiger partial charge in [-0.2, -0.15) is 0 Å². The molecule has 0 saturated carbocycles. The van der Waals surface area contributed by atoms with E-state index in [2.05, 4.69) is 85.8 Å². The Bertz CT molecular complexity index is 1050. The zero-order valence-electron chi connectivity index (χ0n) is 22.0. The predicted molar refractivity (Wildman–Crippen MR) is 143 cm³/mol. The van der Waals surface area contributed by atoms with Gasteiger partial charge in [-0.15, -0.1) is 0 Å². The van der Waals surface area contributed by atoms with Gasteiger partial charge in [-0.3, -0.25) is 0 Å². The van der Waals surface area contributed by atoms with Gasteiger partial charge in [0.15, 0.2) is 0 Å². The molecule has 1 atom stereocenters. The molecule has 2 aliphatic rings. The molecule has 0 spiro atoms. The van der Waals surface area contributed by atoms with Crippen LogP contribution >= 0.6 is 0 Å². The molecule has 2 aromatic rings. The van der Waals surface area contributed by atoms with E-state index in [0.29, 0.717) is 5.54 Å². The lowest BCUT2D eigenvalue weighted by atomic mass is 9.76. The van der Waals surface area contributed by atoms with E-state index in [-0.39, 0.29) is 10.8 Å². The van der Waals surface area contributed by atoms with E-state index in [9.17, 15) is 0 Å². The molecule has 0 amide bonds. The summed E-state index contributed by atoms with van der Waals surface area (Å²) in [6.45, 7) is 21.2. The van der Waals surface area contributed by atoms with Gasteiger partial charge in [0.2, 0.25) is 0 Å². The van der Waals surface area contributed by atoms with Crippen LogP contribution in [0.3, 0.4) is 0 Å². The van der Waals surface area contributed by atoms with Gasteiger partial charge >= 0.3 is 0 Å². The first-order valence-corrected chi connectivity index (χ1v) is 15.4. The molecular weight excluding hydrogens is 404 g/mol. The summed E-state index contributed by atoms with van der Waals surface area (Å²) in [5.41, 5.74) is 14.2. The fourth-order valence-corrected chi connectivity index (χ4v) is 8.22. The third kappa shape index (κ3) is 3.79. The number of rotatable bonds is 3. The Morgan fingerprint density at radius 2 is 1.50 bits per heavy atom. The summed E-state index contributed by atoms with van der Waals surface area (Å²) < 4.78 is 6.06. The minimum Gasteiger partial charge on any atom is -0.496 e. The van der Waals surface area contributed by atoms with E-state index in [0.717, 1.165) is 5.75 Å². The highest BCUT2D eigenvalue weighted by atomic mass is 28.3. The van der Waals surface area contributed by atoms with Gasteiger partial charge in [-0.05, 0) is 88.1 Å². The van der Waals surface area contributed by atoms with Crippen LogP contribution in [0.5, 0.6) is 5.75 Å². The van der Waals surface area contributed by atoms with Crippen molar-refractivity contribution >= 4 is 14.9 Å². The highest BCUT2D eigenvalue weighted by Crippen LogP contribution is 2.49. The monoisotopic (exact) mass is 446 g/mol. The van der Waals surface area contributed by atoms with Crippen molar-refractivity contribution in [2.24, 2.45) is 0 Å². The second-order valence-electron chi connectivity index (χ2n) is 12.5. The number of methoxy groups -OCH3 is 1. The molecule has 0 radical (unpaired) electrons. The van der Waals surface area contributed by atoms with Crippen molar-refractivity contribution in [1.29, 1.82) is 0 Å². The van der Waals surface area contributed by atoms with Gasteiger partial charge in [-0.25, -0.2) is 0 Å². The number of fused-ring (bicyclic) bond motifs is 2. The Morgan fingerprint density at radius 3 is 2.00 bits per heavy atom. The van der Waals surface area contributed by atoms with E-state index in [1.807, 2.05) is 7.11 Å². The van der Waals surface area contributed by atoms with Crippen LogP contribution in [-0.4, -0.2) is 15.9 Å². The number of benzene rings is 2. The molecular formula is C30H42OSi. The number of hydrogen-bond acceptors (Lipinski definition) is 1. The van der Waals surface area contributed by atoms with Crippen molar-refractivity contribution in [1.82, 2.24) is 0 Å². The zero-order valence-corrected chi connectivity index (χ0v) is 23.1. The van der Waals surface area contributed by atoms with E-state index in [4.69, 9.17) is 4.74 Å². The maximum absolute atomic E-state index is 6.06. The summed E-state index contributed by atoms with van der Waals surface area (Å²) in [7, 11) is 0.999. The van der Waals surface area contributed by atoms with Crippen LogP contribution in [0.4, 0.5) is 0 Å². The normalized spacial score (nSPS) is 18.1. The summed E-state index contributed by atoms with van der Waals surface area (Å²) in [5.74, 6) is 1.07. The van der Waals surface area contributed by atoms with Crippen molar-refractivity contribution in [3.05, 3.63) is 57.2 Å². The van der Waals surface area contributed by atoms with Crippen molar-refractivity contribution < 1.29 is 4.74 Å². The lowest BCUT2D eigenvalue weighted by Gasteiger charge is -2.31. The number of hydrogen-bond donors (Lipinski definition) is 0. The molecule has 1 unspecified atom stereocenters. The van der Waals surface area contributed by atoms with Gasteiger partial charge in [0.05, 0.1) is 7.11 Å². The SMILES string of the molecule is COc1c(C(C)(C)C)cc(-c2c3c(cc4c2CCC4)C([SiH](C)C)C(C)=C3)cc1C(C)(C)C. The molecule has 1 nitrogen and oxygen atoms in total. The van der Waals surface area contributed by atoms with E-state index in [1.54, 1.807) is 22.3 Å². The Morgan fingerprint density at radius 1 is 0.906 bits per heavy atom. The molecule has 0 aromatic heterocycles. The van der Waals surface area contributed by atoms with Crippen molar-refractivity contribution in [3.8, 4) is 16.9 Å². The molecule has 2 aliphatic carbocycles. The van der Waals surface area contributed by atoms with Crippen LogP contribution in [0.2, 0.25) is 13.1 Å². The summed E-state index contributed by atoms with van der Waals surface area (Å²) in [6.07, 6.45) is 6.25. The topological polar surface area (TPSA) is 9.23 Å². The predicted octanol–water partition coefficient (Wildman–Crippen LogP) is 7.97. The fraction of sp³-hybridized carbons (Fsp3) is 0.533. The smallest absolute Gasteiger partial charge is 0.126 e. The minimum absolute atomic E-state index is 0.0155. The lowest BCUT2D eigenvalue weighted by molar-refractivity contribution is 0.381. The molecule has 0 saturated heterocycles. The second kappa shape index (κ2) is 7.90. The first kappa shape index (κ1) is 23.4. The van der Waals surface area contributed by atoms with Crippen LogP contribution in [0.25, 0.3) is 17.2 Å². The first-order valence-electron chi connectivity index (χ1n) is 12.4. The number of ether oxygens (including phenoxy) is 1. The molecule has 2 aromatic carbocycles. The van der Waals surface area contributed by atoms with Gasteiger partial charge in [-0.1, -0.05) is 72.4 Å². The minimum atomic E-state index is -0.835. The maximum Gasteiger partial charge on any atom is 0.126 e. The third-order valence-corrected chi connectivity index (χ3v) is 9.75. The molecule has 172 valence electrons. The third-order valence-electron chi connectivity index (χ3n) is 7.53. The zero-order chi connectivity index (χ0) is 23.6. The Labute approximate surface area is 197 Å². The molecule has 0 bridgehead atoms. The van der Waals surface area contributed by atoms with E-state index in [1.165, 1.54) is 47.1 Å². The highest BCUT2D eigenvalue weighted by Gasteiger charge is 2.33. The Kier molecular flexibility index (Phi) is 5.77. The summed E-state index contributed by atoms with van der Waals surface area (Å²) >= 11 is 0. The molecule has 0 fully saturated rings. The van der Waals surface area contributed by atoms with Crippen molar-refractivity contribution in [2.75, 3.05) is 7.11 Å². The van der Waals surface area contributed by atoms with Crippen molar-refractivity contribution in [2.45, 2.75) is 97.2 Å². The van der Waals surface area contributed by atoms with Gasteiger partial charge < -0.3 is 4.74 Å². The number of allylic oxidation sites excluding steroid dienone is 1. The first-order chi connectivity index (χ1) is 14.8. The second-order valence-corrected chi connectivity index (χ2v) is 15.6. The summed E-state index contributed by atoms with van der Waals surface area (Å²) in [5, 5.41) is 0. The highest BCUT2D eigenvalue weighted by molar-refractivity contribution is 6.58. The van der Waals surface area contributed by atoms with Crippen LogP contribution in [-0.2, 0) is 23.7 Å². The number of aryl methyl sites for hydroxylation is 1. The van der Waals surface area contributed by atoms with Gasteiger partial charge in [0, 0.05) is 19.9 Å². The van der Waals surface area contributed by atoms with Crippen LogP contribution < -0.4 is 4.74 Å². The largest absolute Gasteiger partial charge is 0.496 e. The standard InChI is InChI=1S/C30H42OSi/c1-18-14-22-23(28(18)32(9)10)15-19-12-11-13-21(19)26(22)20-16-24(29(2,3)4)27(31-8)25(17-20)30(5,6)7/h14-17,28,32H,11-13H2,1-10H3. The molecule has 0 aliphatic heterocycles. The summed E-state index contributed by atoms with van der Waals surface area (Å²) in [4.78, 5) is 0. The van der Waals surface area contributed by atoms with Gasteiger partial charge in [0.25, 0.3) is 0 Å². The maximum atomic E-state index is 6.06.